The highest BCUT2D eigenvalue weighted by atomic mass is 35.7. The van der Waals surface area contributed by atoms with E-state index in [0.717, 1.165) is 0 Å². The molecule has 2 atom stereocenters. The van der Waals surface area contributed by atoms with Gasteiger partial charge in [0.05, 0.1) is 6.61 Å². The van der Waals surface area contributed by atoms with Gasteiger partial charge in [0.15, 0.2) is 6.10 Å². The van der Waals surface area contributed by atoms with Crippen molar-refractivity contribution < 1.29 is 18.9 Å². The average Bonchev–Trinajstić information content (AvgIpc) is 2.27. The minimum atomic E-state index is -2.14. The van der Waals surface area contributed by atoms with Crippen molar-refractivity contribution >= 4 is 24.9 Å². The lowest BCUT2D eigenvalue weighted by molar-refractivity contribution is -0.151. The Morgan fingerprint density at radius 2 is 2.12 bits per heavy atom. The molecular formula is C10H12ClO4P. The number of halogens is 1. The van der Waals surface area contributed by atoms with Gasteiger partial charge in [-0.2, -0.15) is 0 Å². The number of ether oxygens (including phenoxy) is 1. The monoisotopic (exact) mass is 262 g/mol. The summed E-state index contributed by atoms with van der Waals surface area (Å²) in [6.45, 7) is 1.94. The zero-order chi connectivity index (χ0) is 12.0. The van der Waals surface area contributed by atoms with Crippen LogP contribution in [0.3, 0.4) is 0 Å². The van der Waals surface area contributed by atoms with E-state index >= 15 is 0 Å². The average molecular weight is 263 g/mol. The van der Waals surface area contributed by atoms with E-state index in [1.165, 1.54) is 0 Å². The first-order valence-corrected chi connectivity index (χ1v) is 6.80. The molecule has 0 saturated heterocycles. The molecule has 0 saturated carbocycles. The molecule has 0 aliphatic rings. The van der Waals surface area contributed by atoms with Gasteiger partial charge in [-0.25, -0.2) is 4.79 Å². The van der Waals surface area contributed by atoms with E-state index in [1.807, 2.05) is 6.07 Å². The molecule has 6 heteroatoms. The molecule has 0 bridgehead atoms. The van der Waals surface area contributed by atoms with Crippen LogP contribution in [0.15, 0.2) is 30.3 Å². The Labute approximate surface area is 99.8 Å². The normalized spacial score (nSPS) is 14.2. The molecule has 16 heavy (non-hydrogen) atoms. The van der Waals surface area contributed by atoms with E-state index in [0.29, 0.717) is 5.56 Å². The lowest BCUT2D eigenvalue weighted by Crippen LogP contribution is -2.17. The summed E-state index contributed by atoms with van der Waals surface area (Å²) < 4.78 is 9.80. The van der Waals surface area contributed by atoms with Crippen LogP contribution in [0, 0.1) is 0 Å². The fourth-order valence-electron chi connectivity index (χ4n) is 1.17. The molecule has 0 heterocycles. The molecule has 1 aromatic carbocycles. The molecule has 0 aliphatic heterocycles. The Morgan fingerprint density at radius 1 is 1.50 bits per heavy atom. The predicted molar refractivity (Wildman–Crippen MR) is 61.9 cm³/mol. The van der Waals surface area contributed by atoms with Crippen molar-refractivity contribution in [1.82, 2.24) is 0 Å². The van der Waals surface area contributed by atoms with E-state index in [9.17, 15) is 4.79 Å². The van der Waals surface area contributed by atoms with Gasteiger partial charge in [0.2, 0.25) is 0 Å². The summed E-state index contributed by atoms with van der Waals surface area (Å²) in [5.41, 5.74) is 0.600. The lowest BCUT2D eigenvalue weighted by atomic mass is 10.1. The van der Waals surface area contributed by atoms with E-state index in [4.69, 9.17) is 25.4 Å². The molecule has 4 nitrogen and oxygen atoms in total. The second-order valence-corrected chi connectivity index (χ2v) is 4.41. The second kappa shape index (κ2) is 6.81. The molecule has 1 rings (SSSR count). The van der Waals surface area contributed by atoms with Crippen LogP contribution < -0.4 is 0 Å². The first-order chi connectivity index (χ1) is 7.65. The maximum atomic E-state index is 11.6. The number of carbonyl (C=O) groups is 1. The highest BCUT2D eigenvalue weighted by molar-refractivity contribution is 7.75. The van der Waals surface area contributed by atoms with Crippen LogP contribution in [0.1, 0.15) is 18.6 Å². The van der Waals surface area contributed by atoms with Gasteiger partial charge in [-0.15, -0.1) is 0 Å². The van der Waals surface area contributed by atoms with Crippen LogP contribution in [-0.2, 0) is 14.1 Å². The summed E-state index contributed by atoms with van der Waals surface area (Å²) in [7, 11) is -2.14. The minimum absolute atomic E-state index is 0.247. The van der Waals surface area contributed by atoms with E-state index in [2.05, 4.69) is 0 Å². The summed E-state index contributed by atoms with van der Waals surface area (Å²) in [5.74, 6) is -0.559. The van der Waals surface area contributed by atoms with Crippen molar-refractivity contribution in [1.29, 1.82) is 0 Å². The van der Waals surface area contributed by atoms with E-state index in [1.54, 1.807) is 31.2 Å². The predicted octanol–water partition coefficient (Wildman–Crippen LogP) is 2.77. The van der Waals surface area contributed by atoms with Crippen LogP contribution in [0.5, 0.6) is 0 Å². The van der Waals surface area contributed by atoms with Gasteiger partial charge in [0.1, 0.15) is 0 Å². The van der Waals surface area contributed by atoms with Crippen LogP contribution in [-0.4, -0.2) is 17.5 Å². The minimum Gasteiger partial charge on any atom is -0.464 e. The van der Waals surface area contributed by atoms with Gasteiger partial charge in [-0.3, -0.25) is 0 Å². The van der Waals surface area contributed by atoms with Gasteiger partial charge in [-0.05, 0) is 23.7 Å². The standard InChI is InChI=1S/C10H12ClO4P/c1-2-14-10(12)9(15-16(11)13)8-6-4-3-5-7-8/h3-7,9,13H,2H2,1H3/t9-,16?/m1/s1. The third kappa shape index (κ3) is 4.06. The Bertz CT molecular complexity index is 331. The number of esters is 1. The zero-order valence-corrected chi connectivity index (χ0v) is 10.3. The third-order valence-corrected chi connectivity index (χ3v) is 2.42. The van der Waals surface area contributed by atoms with Crippen molar-refractivity contribution in [2.75, 3.05) is 6.61 Å². The maximum Gasteiger partial charge on any atom is 0.340 e. The van der Waals surface area contributed by atoms with E-state index < -0.39 is 19.8 Å². The summed E-state index contributed by atoms with van der Waals surface area (Å²) in [5, 5.41) is 0. The number of benzene rings is 1. The van der Waals surface area contributed by atoms with E-state index in [-0.39, 0.29) is 6.61 Å². The first-order valence-electron chi connectivity index (χ1n) is 4.68. The topological polar surface area (TPSA) is 55.8 Å². The van der Waals surface area contributed by atoms with Crippen LogP contribution in [0.4, 0.5) is 0 Å². The molecular weight excluding hydrogens is 251 g/mol. The highest BCUT2D eigenvalue weighted by Crippen LogP contribution is 2.43. The van der Waals surface area contributed by atoms with Gasteiger partial charge in [0.25, 0.3) is 7.73 Å². The lowest BCUT2D eigenvalue weighted by Gasteiger charge is -2.16. The fourth-order valence-corrected chi connectivity index (χ4v) is 1.79. The largest absolute Gasteiger partial charge is 0.464 e. The Kier molecular flexibility index (Phi) is 5.71. The van der Waals surface area contributed by atoms with Gasteiger partial charge >= 0.3 is 5.97 Å². The summed E-state index contributed by atoms with van der Waals surface area (Å²) in [4.78, 5) is 20.6. The smallest absolute Gasteiger partial charge is 0.340 e. The summed E-state index contributed by atoms with van der Waals surface area (Å²) in [6, 6.07) is 8.75. The third-order valence-electron chi connectivity index (χ3n) is 1.80. The molecule has 0 aliphatic carbocycles. The molecule has 0 fully saturated rings. The number of carbonyl (C=O) groups excluding carboxylic acids is 1. The summed E-state index contributed by atoms with van der Waals surface area (Å²) in [6.07, 6.45) is -0.977. The van der Waals surface area contributed by atoms with Crippen molar-refractivity contribution in [3.63, 3.8) is 0 Å². The van der Waals surface area contributed by atoms with Gasteiger partial charge in [0, 0.05) is 0 Å². The van der Waals surface area contributed by atoms with Crippen molar-refractivity contribution in [2.24, 2.45) is 0 Å². The number of rotatable bonds is 5. The van der Waals surface area contributed by atoms with Gasteiger partial charge in [-0.1, -0.05) is 30.3 Å². The van der Waals surface area contributed by atoms with Crippen LogP contribution >= 0.6 is 19.0 Å². The maximum absolute atomic E-state index is 11.6. The molecule has 1 unspecified atom stereocenters. The zero-order valence-electron chi connectivity index (χ0n) is 8.67. The second-order valence-electron chi connectivity index (χ2n) is 2.87. The van der Waals surface area contributed by atoms with Gasteiger partial charge < -0.3 is 14.2 Å². The van der Waals surface area contributed by atoms with Crippen molar-refractivity contribution in [3.8, 4) is 0 Å². The fraction of sp³-hybridized carbons (Fsp3) is 0.300. The van der Waals surface area contributed by atoms with Crippen molar-refractivity contribution in [3.05, 3.63) is 35.9 Å². The SMILES string of the molecule is CCOC(=O)[C@H](OP(O)Cl)c1ccccc1. The Morgan fingerprint density at radius 3 is 2.62 bits per heavy atom. The van der Waals surface area contributed by atoms with Crippen LogP contribution in [0.25, 0.3) is 0 Å². The Hall–Kier alpha value is -0.670. The number of hydrogen-bond acceptors (Lipinski definition) is 4. The van der Waals surface area contributed by atoms with Crippen molar-refractivity contribution in [2.45, 2.75) is 13.0 Å². The molecule has 0 amide bonds. The molecule has 1 aromatic rings. The highest BCUT2D eigenvalue weighted by Gasteiger charge is 2.25. The Balaban J connectivity index is 2.83. The number of hydrogen-bond donors (Lipinski definition) is 1. The summed E-state index contributed by atoms with van der Waals surface area (Å²) >= 11 is 5.36. The molecule has 0 radical (unpaired) electrons. The first kappa shape index (κ1) is 13.4. The molecule has 88 valence electrons. The molecule has 0 spiro atoms. The van der Waals surface area contributed by atoms with Crippen LogP contribution in [0.2, 0.25) is 0 Å². The molecule has 0 aromatic heterocycles. The molecule has 1 N–H and O–H groups in total. The quantitative estimate of drug-likeness (QED) is 0.655.